The third-order valence-corrected chi connectivity index (χ3v) is 3.42. The molecule has 0 radical (unpaired) electrons. The number of nitrogen functional groups attached to an aromatic ring is 1. The molecule has 3 N–H and O–H groups in total. The second kappa shape index (κ2) is 4.51. The summed E-state index contributed by atoms with van der Waals surface area (Å²) in [5.74, 6) is 0.239. The van der Waals surface area contributed by atoms with Gasteiger partial charge in [-0.3, -0.25) is 4.79 Å². The van der Waals surface area contributed by atoms with Gasteiger partial charge in [0.1, 0.15) is 5.82 Å². The maximum Gasteiger partial charge on any atom is 0.254 e. The highest BCUT2D eigenvalue weighted by Crippen LogP contribution is 2.22. The molecular weight excluding hydrogens is 242 g/mol. The van der Waals surface area contributed by atoms with Crippen molar-refractivity contribution < 1.29 is 9.90 Å². The maximum atomic E-state index is 12.5. The van der Waals surface area contributed by atoms with Crippen LogP contribution in [0.15, 0.2) is 30.3 Å². The third kappa shape index (κ3) is 2.13. The Bertz CT molecular complexity index is 642. The Morgan fingerprint density at radius 1 is 1.42 bits per heavy atom. The fourth-order valence-electron chi connectivity index (χ4n) is 2.47. The highest BCUT2D eigenvalue weighted by molar-refractivity contribution is 6.06. The van der Waals surface area contributed by atoms with Crippen LogP contribution in [0.3, 0.4) is 0 Å². The van der Waals surface area contributed by atoms with E-state index in [0.29, 0.717) is 36.4 Å². The summed E-state index contributed by atoms with van der Waals surface area (Å²) < 4.78 is 0. The topological polar surface area (TPSA) is 79.5 Å². The highest BCUT2D eigenvalue weighted by Gasteiger charge is 2.26. The first kappa shape index (κ1) is 11.9. The summed E-state index contributed by atoms with van der Waals surface area (Å²) in [5.41, 5.74) is 7.02. The Morgan fingerprint density at radius 2 is 2.21 bits per heavy atom. The van der Waals surface area contributed by atoms with Gasteiger partial charge in [-0.1, -0.05) is 18.2 Å². The van der Waals surface area contributed by atoms with Gasteiger partial charge in [0, 0.05) is 18.5 Å². The van der Waals surface area contributed by atoms with Crippen LogP contribution < -0.4 is 5.73 Å². The molecule has 1 aromatic carbocycles. The lowest BCUT2D eigenvalue weighted by Crippen LogP contribution is -2.29. The Morgan fingerprint density at radius 3 is 2.95 bits per heavy atom. The summed E-state index contributed by atoms with van der Waals surface area (Å²) in [7, 11) is 0. The summed E-state index contributed by atoms with van der Waals surface area (Å²) in [6.07, 6.45) is 0.207. The molecule has 3 rings (SSSR count). The minimum atomic E-state index is -0.422. The number of carbonyl (C=O) groups excluding carboxylic acids is 1. The molecule has 19 heavy (non-hydrogen) atoms. The normalized spacial score (nSPS) is 19.0. The number of carbonyl (C=O) groups is 1. The van der Waals surface area contributed by atoms with Crippen LogP contribution in [0, 0.1) is 0 Å². The molecule has 1 aliphatic heterocycles. The van der Waals surface area contributed by atoms with Crippen LogP contribution in [0.5, 0.6) is 0 Å². The predicted octanol–water partition coefficient (Wildman–Crippen LogP) is 1.02. The predicted molar refractivity (Wildman–Crippen MR) is 72.7 cm³/mol. The third-order valence-electron chi connectivity index (χ3n) is 3.42. The molecule has 0 unspecified atom stereocenters. The maximum absolute atomic E-state index is 12.5. The van der Waals surface area contributed by atoms with Crippen LogP contribution in [0.25, 0.3) is 10.9 Å². The number of fused-ring (bicyclic) bond motifs is 1. The molecule has 0 aliphatic carbocycles. The van der Waals surface area contributed by atoms with Crippen LogP contribution in [0.2, 0.25) is 0 Å². The van der Waals surface area contributed by atoms with E-state index in [1.54, 1.807) is 11.0 Å². The van der Waals surface area contributed by atoms with Gasteiger partial charge < -0.3 is 15.7 Å². The number of benzene rings is 1. The Hall–Kier alpha value is -2.14. The first-order valence-corrected chi connectivity index (χ1v) is 6.28. The number of para-hydroxylation sites is 1. The molecule has 2 aromatic rings. The van der Waals surface area contributed by atoms with E-state index in [2.05, 4.69) is 4.98 Å². The van der Waals surface area contributed by atoms with Crippen LogP contribution in [-0.2, 0) is 0 Å². The molecule has 0 bridgehead atoms. The SMILES string of the molecule is Nc1cc(C(=O)N2CC[C@@H](O)C2)c2ccccc2n1. The van der Waals surface area contributed by atoms with Crippen molar-refractivity contribution >= 4 is 22.6 Å². The molecule has 1 amide bonds. The fourth-order valence-corrected chi connectivity index (χ4v) is 2.47. The second-order valence-electron chi connectivity index (χ2n) is 4.81. The molecule has 0 spiro atoms. The molecule has 5 heteroatoms. The van der Waals surface area contributed by atoms with Crippen molar-refractivity contribution in [3.8, 4) is 0 Å². The van der Waals surface area contributed by atoms with Gasteiger partial charge in [-0.15, -0.1) is 0 Å². The summed E-state index contributed by atoms with van der Waals surface area (Å²) in [6.45, 7) is 0.964. The summed E-state index contributed by atoms with van der Waals surface area (Å²) in [4.78, 5) is 18.4. The van der Waals surface area contributed by atoms with E-state index in [-0.39, 0.29) is 5.91 Å². The lowest BCUT2D eigenvalue weighted by atomic mass is 10.1. The number of β-amino-alcohol motifs (C(OH)–C–C–N with tert-alkyl or cyclic N) is 1. The van der Waals surface area contributed by atoms with E-state index < -0.39 is 6.10 Å². The molecular formula is C14H15N3O2. The first-order valence-electron chi connectivity index (χ1n) is 6.28. The zero-order valence-corrected chi connectivity index (χ0v) is 10.4. The van der Waals surface area contributed by atoms with Crippen molar-refractivity contribution in [2.75, 3.05) is 18.8 Å². The standard InChI is InChI=1S/C14H15N3O2/c15-13-7-11(10-3-1-2-4-12(10)16-13)14(19)17-6-5-9(18)8-17/h1-4,7,9,18H,5-6,8H2,(H2,15,16)/t9-/m1/s1. The number of hydrogen-bond donors (Lipinski definition) is 2. The summed E-state index contributed by atoms with van der Waals surface area (Å²) in [6, 6.07) is 9.04. The van der Waals surface area contributed by atoms with E-state index in [9.17, 15) is 9.90 Å². The van der Waals surface area contributed by atoms with Crippen molar-refractivity contribution in [1.82, 2.24) is 9.88 Å². The molecule has 1 atom stereocenters. The number of aliphatic hydroxyl groups is 1. The van der Waals surface area contributed by atoms with Crippen LogP contribution in [0.1, 0.15) is 16.8 Å². The van der Waals surface area contributed by atoms with Gasteiger partial charge in [-0.05, 0) is 18.6 Å². The van der Waals surface area contributed by atoms with Crippen LogP contribution in [-0.4, -0.2) is 40.1 Å². The van der Waals surface area contributed by atoms with Crippen molar-refractivity contribution in [3.05, 3.63) is 35.9 Å². The highest BCUT2D eigenvalue weighted by atomic mass is 16.3. The van der Waals surface area contributed by atoms with Gasteiger partial charge in [0.2, 0.25) is 0 Å². The molecule has 1 fully saturated rings. The van der Waals surface area contributed by atoms with Gasteiger partial charge in [-0.25, -0.2) is 4.98 Å². The Kier molecular flexibility index (Phi) is 2.83. The molecule has 0 saturated carbocycles. The van der Waals surface area contributed by atoms with Crippen LogP contribution >= 0.6 is 0 Å². The lowest BCUT2D eigenvalue weighted by Gasteiger charge is -2.17. The van der Waals surface area contributed by atoms with Crippen molar-refractivity contribution in [2.24, 2.45) is 0 Å². The molecule has 1 aliphatic rings. The number of aromatic nitrogens is 1. The van der Waals surface area contributed by atoms with Gasteiger partial charge in [0.15, 0.2) is 0 Å². The Balaban J connectivity index is 2.06. The number of pyridine rings is 1. The number of nitrogens with zero attached hydrogens (tertiary/aromatic N) is 2. The van der Waals surface area contributed by atoms with E-state index in [0.717, 1.165) is 5.39 Å². The van der Waals surface area contributed by atoms with Crippen LogP contribution in [0.4, 0.5) is 5.82 Å². The number of rotatable bonds is 1. The molecule has 1 aromatic heterocycles. The average molecular weight is 257 g/mol. The zero-order valence-electron chi connectivity index (χ0n) is 10.4. The summed E-state index contributed by atoms with van der Waals surface area (Å²) >= 11 is 0. The fraction of sp³-hybridized carbons (Fsp3) is 0.286. The van der Waals surface area contributed by atoms with Gasteiger partial charge in [0.25, 0.3) is 5.91 Å². The van der Waals surface area contributed by atoms with Crippen molar-refractivity contribution in [1.29, 1.82) is 0 Å². The number of anilines is 1. The van der Waals surface area contributed by atoms with E-state index in [1.165, 1.54) is 0 Å². The smallest absolute Gasteiger partial charge is 0.254 e. The number of amides is 1. The quantitative estimate of drug-likeness (QED) is 0.799. The minimum Gasteiger partial charge on any atom is -0.391 e. The largest absolute Gasteiger partial charge is 0.391 e. The zero-order chi connectivity index (χ0) is 13.4. The van der Waals surface area contributed by atoms with E-state index >= 15 is 0 Å². The number of hydrogen-bond acceptors (Lipinski definition) is 4. The van der Waals surface area contributed by atoms with E-state index in [4.69, 9.17) is 5.73 Å². The van der Waals surface area contributed by atoms with Crippen molar-refractivity contribution in [2.45, 2.75) is 12.5 Å². The number of nitrogens with two attached hydrogens (primary N) is 1. The Labute approximate surface area is 110 Å². The minimum absolute atomic E-state index is 0.0955. The monoisotopic (exact) mass is 257 g/mol. The molecule has 5 nitrogen and oxygen atoms in total. The average Bonchev–Trinajstić information content (AvgIpc) is 2.83. The van der Waals surface area contributed by atoms with Gasteiger partial charge in [0.05, 0.1) is 17.2 Å². The molecule has 2 heterocycles. The number of aliphatic hydroxyl groups excluding tert-OH is 1. The first-order chi connectivity index (χ1) is 9.15. The van der Waals surface area contributed by atoms with Gasteiger partial charge >= 0.3 is 0 Å². The molecule has 1 saturated heterocycles. The van der Waals surface area contributed by atoms with E-state index in [1.807, 2.05) is 24.3 Å². The van der Waals surface area contributed by atoms with Gasteiger partial charge in [-0.2, -0.15) is 0 Å². The second-order valence-corrected chi connectivity index (χ2v) is 4.81. The number of likely N-dealkylation sites (tertiary alicyclic amines) is 1. The lowest BCUT2D eigenvalue weighted by molar-refractivity contribution is 0.0767. The summed E-state index contributed by atoms with van der Waals surface area (Å²) in [5, 5.41) is 10.3. The van der Waals surface area contributed by atoms with Crippen molar-refractivity contribution in [3.63, 3.8) is 0 Å². The molecule has 98 valence electrons.